The first kappa shape index (κ1) is 14.2. The van der Waals surface area contributed by atoms with Crippen LogP contribution in [0.4, 0.5) is 10.1 Å². The molecule has 106 valence electrons. The minimum absolute atomic E-state index is 0.0870. The van der Waals surface area contributed by atoms with E-state index in [1.807, 2.05) is 18.7 Å². The molecule has 0 saturated carbocycles. The Bertz CT molecular complexity index is 450. The molecule has 0 bridgehead atoms. The zero-order valence-corrected chi connectivity index (χ0v) is 11.3. The van der Waals surface area contributed by atoms with Crippen molar-refractivity contribution in [1.29, 1.82) is 0 Å². The van der Waals surface area contributed by atoms with Gasteiger partial charge in [0.05, 0.1) is 30.6 Å². The highest BCUT2D eigenvalue weighted by Gasteiger charge is 2.34. The summed E-state index contributed by atoms with van der Waals surface area (Å²) >= 11 is 0. The fourth-order valence-electron chi connectivity index (χ4n) is 2.48. The molecule has 4 nitrogen and oxygen atoms in total. The maximum absolute atomic E-state index is 14.0. The number of anilines is 1. The van der Waals surface area contributed by atoms with Crippen molar-refractivity contribution in [3.8, 4) is 0 Å². The highest BCUT2D eigenvalue weighted by Crippen LogP contribution is 2.28. The number of morpholine rings is 1. The molecule has 1 fully saturated rings. The topological polar surface area (TPSA) is 52.9 Å². The van der Waals surface area contributed by atoms with Crippen molar-refractivity contribution in [1.82, 2.24) is 0 Å². The van der Waals surface area contributed by atoms with Gasteiger partial charge in [0.1, 0.15) is 5.82 Å². The van der Waals surface area contributed by atoms with E-state index in [1.54, 1.807) is 12.1 Å². The lowest BCUT2D eigenvalue weighted by Crippen LogP contribution is -2.54. The van der Waals surface area contributed by atoms with Crippen LogP contribution in [0.2, 0.25) is 0 Å². The van der Waals surface area contributed by atoms with Gasteiger partial charge in [-0.1, -0.05) is 6.07 Å². The van der Waals surface area contributed by atoms with E-state index in [2.05, 4.69) is 0 Å². The van der Waals surface area contributed by atoms with E-state index in [0.717, 1.165) is 0 Å². The summed E-state index contributed by atoms with van der Waals surface area (Å²) in [4.78, 5) is 1.88. The van der Waals surface area contributed by atoms with Crippen molar-refractivity contribution >= 4 is 5.69 Å². The third-order valence-corrected chi connectivity index (χ3v) is 3.22. The van der Waals surface area contributed by atoms with Crippen LogP contribution in [0.15, 0.2) is 18.2 Å². The van der Waals surface area contributed by atoms with Crippen molar-refractivity contribution in [2.45, 2.75) is 32.2 Å². The Hall–Kier alpha value is -1.17. The van der Waals surface area contributed by atoms with Gasteiger partial charge >= 0.3 is 0 Å². The van der Waals surface area contributed by atoms with E-state index < -0.39 is 5.60 Å². The van der Waals surface area contributed by atoms with Gasteiger partial charge in [0.2, 0.25) is 0 Å². The maximum Gasteiger partial charge on any atom is 0.146 e. The van der Waals surface area contributed by atoms with Gasteiger partial charge in [-0.3, -0.25) is 0 Å². The van der Waals surface area contributed by atoms with E-state index in [0.29, 0.717) is 24.3 Å². The molecule has 1 atom stereocenters. The number of rotatable bonds is 3. The highest BCUT2D eigenvalue weighted by molar-refractivity contribution is 5.50. The van der Waals surface area contributed by atoms with Crippen LogP contribution < -0.4 is 4.90 Å². The van der Waals surface area contributed by atoms with Gasteiger partial charge in [0, 0.05) is 13.1 Å². The number of halogens is 1. The average molecular weight is 269 g/mol. The van der Waals surface area contributed by atoms with Crippen molar-refractivity contribution in [2.75, 3.05) is 24.6 Å². The van der Waals surface area contributed by atoms with Crippen LogP contribution in [-0.4, -0.2) is 41.6 Å². The van der Waals surface area contributed by atoms with Crippen LogP contribution in [0.5, 0.6) is 0 Å². The van der Waals surface area contributed by atoms with Crippen molar-refractivity contribution < 1.29 is 19.3 Å². The second-order valence-electron chi connectivity index (χ2n) is 5.51. The molecule has 1 aliphatic rings. The van der Waals surface area contributed by atoms with Gasteiger partial charge in [-0.05, 0) is 31.5 Å². The minimum atomic E-state index is -0.437. The Morgan fingerprint density at radius 3 is 2.74 bits per heavy atom. The van der Waals surface area contributed by atoms with E-state index >= 15 is 0 Å². The molecular formula is C14H20FNO3. The highest BCUT2D eigenvalue weighted by atomic mass is 19.1. The Morgan fingerprint density at radius 1 is 1.42 bits per heavy atom. The van der Waals surface area contributed by atoms with Crippen molar-refractivity contribution in [3.63, 3.8) is 0 Å². The molecule has 0 aromatic heterocycles. The molecule has 0 amide bonds. The molecule has 1 aliphatic heterocycles. The lowest BCUT2D eigenvalue weighted by molar-refractivity contribution is -0.101. The molecule has 1 unspecified atom stereocenters. The molecule has 19 heavy (non-hydrogen) atoms. The van der Waals surface area contributed by atoms with Gasteiger partial charge in [-0.25, -0.2) is 4.39 Å². The molecular weight excluding hydrogens is 249 g/mol. The average Bonchev–Trinajstić information content (AvgIpc) is 2.36. The number of hydrogen-bond acceptors (Lipinski definition) is 4. The van der Waals surface area contributed by atoms with Gasteiger partial charge in [0.25, 0.3) is 0 Å². The second kappa shape index (κ2) is 5.45. The lowest BCUT2D eigenvalue weighted by atomic mass is 10.0. The Kier molecular flexibility index (Phi) is 4.08. The summed E-state index contributed by atoms with van der Waals surface area (Å²) in [5, 5.41) is 18.3. The normalized spacial score (nSPS) is 22.6. The SMILES string of the molecule is CC1(C)CN(c2ccc(CO)cc2F)CC(CO)O1. The second-order valence-corrected chi connectivity index (χ2v) is 5.51. The third-order valence-electron chi connectivity index (χ3n) is 3.22. The number of benzene rings is 1. The van der Waals surface area contributed by atoms with Crippen molar-refractivity contribution in [2.24, 2.45) is 0 Å². The van der Waals surface area contributed by atoms with E-state index in [4.69, 9.17) is 9.84 Å². The molecule has 0 spiro atoms. The van der Waals surface area contributed by atoms with E-state index in [9.17, 15) is 9.50 Å². The quantitative estimate of drug-likeness (QED) is 0.868. The molecule has 0 radical (unpaired) electrons. The zero-order chi connectivity index (χ0) is 14.0. The van der Waals surface area contributed by atoms with Gasteiger partial charge in [-0.15, -0.1) is 0 Å². The number of aliphatic hydroxyl groups excluding tert-OH is 2. The molecule has 5 heteroatoms. The predicted octanol–water partition coefficient (Wildman–Crippen LogP) is 1.29. The first-order valence-electron chi connectivity index (χ1n) is 6.38. The Balaban J connectivity index is 2.25. The number of nitrogens with zero attached hydrogens (tertiary/aromatic N) is 1. The summed E-state index contributed by atoms with van der Waals surface area (Å²) in [6.45, 7) is 4.58. The predicted molar refractivity (Wildman–Crippen MR) is 70.6 cm³/mol. The first-order valence-corrected chi connectivity index (χ1v) is 6.38. The van der Waals surface area contributed by atoms with E-state index in [1.165, 1.54) is 6.07 Å². The Morgan fingerprint density at radius 2 is 2.16 bits per heavy atom. The van der Waals surface area contributed by atoms with Gasteiger partial charge in [-0.2, -0.15) is 0 Å². The smallest absolute Gasteiger partial charge is 0.146 e. The molecule has 1 heterocycles. The fourth-order valence-corrected chi connectivity index (χ4v) is 2.48. The largest absolute Gasteiger partial charge is 0.394 e. The van der Waals surface area contributed by atoms with Gasteiger partial charge in [0.15, 0.2) is 0 Å². The monoisotopic (exact) mass is 269 g/mol. The summed E-state index contributed by atoms with van der Waals surface area (Å²) in [7, 11) is 0. The molecule has 2 rings (SSSR count). The standard InChI is InChI=1S/C14H20FNO3/c1-14(2)9-16(6-11(8-18)19-14)13-4-3-10(7-17)5-12(13)15/h3-5,11,17-18H,6-9H2,1-2H3. The summed E-state index contributed by atoms with van der Waals surface area (Å²) in [5.74, 6) is -0.360. The first-order chi connectivity index (χ1) is 8.95. The fraction of sp³-hybridized carbons (Fsp3) is 0.571. The van der Waals surface area contributed by atoms with Crippen LogP contribution >= 0.6 is 0 Å². The molecule has 1 aromatic rings. The molecule has 2 N–H and O–H groups in total. The number of ether oxygens (including phenoxy) is 1. The minimum Gasteiger partial charge on any atom is -0.394 e. The van der Waals surface area contributed by atoms with Crippen LogP contribution in [0.3, 0.4) is 0 Å². The number of aliphatic hydroxyl groups is 2. The molecule has 1 saturated heterocycles. The Labute approximate surface area is 112 Å². The van der Waals surface area contributed by atoms with Gasteiger partial charge < -0.3 is 19.8 Å². The molecule has 1 aromatic carbocycles. The van der Waals surface area contributed by atoms with Crippen LogP contribution in [0.25, 0.3) is 0 Å². The maximum atomic E-state index is 14.0. The number of hydrogen-bond donors (Lipinski definition) is 2. The summed E-state index contributed by atoms with van der Waals surface area (Å²) < 4.78 is 19.8. The summed E-state index contributed by atoms with van der Waals surface area (Å²) in [6.07, 6.45) is -0.319. The zero-order valence-electron chi connectivity index (χ0n) is 11.3. The molecule has 0 aliphatic carbocycles. The lowest BCUT2D eigenvalue weighted by Gasteiger charge is -2.43. The summed E-state index contributed by atoms with van der Waals surface area (Å²) in [5.41, 5.74) is 0.591. The van der Waals surface area contributed by atoms with E-state index in [-0.39, 0.29) is 25.1 Å². The third kappa shape index (κ3) is 3.23. The van der Waals surface area contributed by atoms with Crippen LogP contribution in [-0.2, 0) is 11.3 Å². The summed E-state index contributed by atoms with van der Waals surface area (Å²) in [6, 6.07) is 4.71. The van der Waals surface area contributed by atoms with Crippen LogP contribution in [0, 0.1) is 5.82 Å². The van der Waals surface area contributed by atoms with Crippen molar-refractivity contribution in [3.05, 3.63) is 29.6 Å². The van der Waals surface area contributed by atoms with Crippen LogP contribution in [0.1, 0.15) is 19.4 Å².